The van der Waals surface area contributed by atoms with Crippen LogP contribution >= 0.6 is 34.8 Å². The molecule has 148 valence electrons. The van der Waals surface area contributed by atoms with E-state index in [4.69, 9.17) is 39.5 Å². The SMILES string of the molecule is CC(OC(=O)c1ccc([N+](=O)[O-])cc1Cl)C(=O)NC(C)c1ccc(Cl)cc1Cl. The average Bonchev–Trinajstić information content (AvgIpc) is 2.60. The van der Waals surface area contributed by atoms with E-state index in [0.717, 1.165) is 12.1 Å². The first-order valence-corrected chi connectivity index (χ1v) is 9.13. The Balaban J connectivity index is 2.03. The predicted molar refractivity (Wildman–Crippen MR) is 106 cm³/mol. The number of hydrogen-bond donors (Lipinski definition) is 1. The number of esters is 1. The van der Waals surface area contributed by atoms with Crippen molar-refractivity contribution in [1.29, 1.82) is 0 Å². The Bertz CT molecular complexity index is 935. The fraction of sp³-hybridized carbons (Fsp3) is 0.222. The molecule has 2 aromatic rings. The highest BCUT2D eigenvalue weighted by atomic mass is 35.5. The fourth-order valence-corrected chi connectivity index (χ4v) is 3.15. The largest absolute Gasteiger partial charge is 0.449 e. The number of nitrogens with one attached hydrogen (secondary N) is 1. The summed E-state index contributed by atoms with van der Waals surface area (Å²) in [5.74, 6) is -1.43. The molecule has 0 fully saturated rings. The zero-order valence-electron chi connectivity index (χ0n) is 14.7. The first-order valence-electron chi connectivity index (χ1n) is 8.00. The van der Waals surface area contributed by atoms with Gasteiger partial charge in [0, 0.05) is 22.2 Å². The first-order chi connectivity index (χ1) is 13.1. The van der Waals surface area contributed by atoms with Crippen molar-refractivity contribution < 1.29 is 19.2 Å². The summed E-state index contributed by atoms with van der Waals surface area (Å²) in [5, 5.41) is 14.1. The van der Waals surface area contributed by atoms with Crippen molar-refractivity contribution >= 4 is 52.4 Å². The molecule has 28 heavy (non-hydrogen) atoms. The molecule has 0 saturated heterocycles. The van der Waals surface area contributed by atoms with E-state index in [2.05, 4.69) is 5.32 Å². The van der Waals surface area contributed by atoms with Gasteiger partial charge in [0.15, 0.2) is 6.10 Å². The van der Waals surface area contributed by atoms with Crippen LogP contribution in [-0.2, 0) is 9.53 Å². The maximum atomic E-state index is 12.3. The van der Waals surface area contributed by atoms with Gasteiger partial charge in [0.25, 0.3) is 11.6 Å². The lowest BCUT2D eigenvalue weighted by molar-refractivity contribution is -0.384. The van der Waals surface area contributed by atoms with E-state index in [-0.39, 0.29) is 16.3 Å². The summed E-state index contributed by atoms with van der Waals surface area (Å²) in [6.07, 6.45) is -1.13. The normalized spacial score (nSPS) is 12.8. The van der Waals surface area contributed by atoms with Gasteiger partial charge in [-0.1, -0.05) is 40.9 Å². The summed E-state index contributed by atoms with van der Waals surface area (Å²) in [6, 6.07) is 7.76. The van der Waals surface area contributed by atoms with Crippen molar-refractivity contribution in [1.82, 2.24) is 5.32 Å². The average molecular weight is 446 g/mol. The van der Waals surface area contributed by atoms with Gasteiger partial charge in [-0.15, -0.1) is 0 Å². The van der Waals surface area contributed by atoms with Crippen LogP contribution in [0.4, 0.5) is 5.69 Å². The number of carbonyl (C=O) groups is 2. The van der Waals surface area contributed by atoms with Gasteiger partial charge in [-0.3, -0.25) is 14.9 Å². The summed E-state index contributed by atoms with van der Waals surface area (Å²) >= 11 is 17.9. The second-order valence-corrected chi connectivity index (χ2v) is 7.12. The minimum absolute atomic E-state index is 0.0827. The number of non-ortho nitro benzene ring substituents is 1. The van der Waals surface area contributed by atoms with Crippen molar-refractivity contribution in [2.24, 2.45) is 0 Å². The molecule has 0 heterocycles. The molecule has 10 heteroatoms. The Kier molecular flexibility index (Phi) is 7.23. The number of hydrogen-bond acceptors (Lipinski definition) is 5. The molecular formula is C18H15Cl3N2O5. The van der Waals surface area contributed by atoms with E-state index < -0.39 is 28.9 Å². The first kappa shape index (κ1) is 21.9. The molecule has 1 amide bonds. The molecule has 0 aliphatic carbocycles. The monoisotopic (exact) mass is 444 g/mol. The van der Waals surface area contributed by atoms with E-state index >= 15 is 0 Å². The van der Waals surface area contributed by atoms with Gasteiger partial charge in [-0.05, 0) is 37.6 Å². The zero-order chi connectivity index (χ0) is 21.0. The third-order valence-corrected chi connectivity index (χ3v) is 4.70. The van der Waals surface area contributed by atoms with Crippen LogP contribution in [0.15, 0.2) is 36.4 Å². The van der Waals surface area contributed by atoms with E-state index in [1.807, 2.05) is 0 Å². The zero-order valence-corrected chi connectivity index (χ0v) is 17.0. The molecule has 2 aromatic carbocycles. The lowest BCUT2D eigenvalue weighted by Crippen LogP contribution is -2.37. The molecule has 0 saturated carbocycles. The highest BCUT2D eigenvalue weighted by Gasteiger charge is 2.23. The Morgan fingerprint density at radius 1 is 1.07 bits per heavy atom. The van der Waals surface area contributed by atoms with E-state index in [0.29, 0.717) is 15.6 Å². The fourth-order valence-electron chi connectivity index (χ4n) is 2.32. The second kappa shape index (κ2) is 9.23. The number of carbonyl (C=O) groups excluding carboxylic acids is 2. The highest BCUT2D eigenvalue weighted by molar-refractivity contribution is 6.35. The van der Waals surface area contributed by atoms with Crippen molar-refractivity contribution in [3.63, 3.8) is 0 Å². The van der Waals surface area contributed by atoms with Crippen LogP contribution < -0.4 is 5.32 Å². The summed E-state index contributed by atoms with van der Waals surface area (Å²) in [5.41, 5.74) is 0.304. The molecule has 2 unspecified atom stereocenters. The predicted octanol–water partition coefficient (Wildman–Crippen LogP) is 4.98. The third-order valence-electron chi connectivity index (χ3n) is 3.82. The number of amides is 1. The van der Waals surface area contributed by atoms with Crippen LogP contribution in [-0.4, -0.2) is 22.9 Å². The molecule has 2 rings (SSSR count). The van der Waals surface area contributed by atoms with Crippen molar-refractivity contribution in [3.8, 4) is 0 Å². The van der Waals surface area contributed by atoms with Gasteiger partial charge in [0.2, 0.25) is 0 Å². The maximum absolute atomic E-state index is 12.3. The van der Waals surface area contributed by atoms with Crippen molar-refractivity contribution in [2.45, 2.75) is 26.0 Å². The lowest BCUT2D eigenvalue weighted by Gasteiger charge is -2.19. The summed E-state index contributed by atoms with van der Waals surface area (Å²) in [4.78, 5) is 34.6. The number of nitrogens with zero attached hydrogens (tertiary/aromatic N) is 1. The molecule has 0 aromatic heterocycles. The standard InChI is InChI=1S/C18H15Cl3N2O5/c1-9(13-5-3-11(19)7-15(13)20)22-17(24)10(2)28-18(25)14-6-4-12(23(26)27)8-16(14)21/h3-10H,1-2H3,(H,22,24). The van der Waals surface area contributed by atoms with Crippen molar-refractivity contribution in [2.75, 3.05) is 0 Å². The van der Waals surface area contributed by atoms with E-state index in [1.54, 1.807) is 25.1 Å². The molecular weight excluding hydrogens is 431 g/mol. The van der Waals surface area contributed by atoms with Crippen molar-refractivity contribution in [3.05, 3.63) is 72.7 Å². The molecule has 0 radical (unpaired) electrons. The number of benzene rings is 2. The minimum atomic E-state index is -1.13. The molecule has 0 spiro atoms. The Labute approximate surface area is 175 Å². The number of nitro groups is 1. The number of rotatable bonds is 6. The van der Waals surface area contributed by atoms with Crippen LogP contribution in [0.5, 0.6) is 0 Å². The molecule has 1 N–H and O–H groups in total. The van der Waals surface area contributed by atoms with Gasteiger partial charge in [-0.2, -0.15) is 0 Å². The topological polar surface area (TPSA) is 98.5 Å². The minimum Gasteiger partial charge on any atom is -0.449 e. The van der Waals surface area contributed by atoms with Gasteiger partial charge in [-0.25, -0.2) is 4.79 Å². The molecule has 0 aliphatic rings. The molecule has 2 atom stereocenters. The van der Waals surface area contributed by atoms with Gasteiger partial charge < -0.3 is 10.1 Å². The molecule has 0 bridgehead atoms. The van der Waals surface area contributed by atoms with Crippen LogP contribution in [0.1, 0.15) is 35.8 Å². The Morgan fingerprint density at radius 3 is 2.32 bits per heavy atom. The molecule has 0 aliphatic heterocycles. The van der Waals surface area contributed by atoms with Crippen LogP contribution in [0.2, 0.25) is 15.1 Å². The quantitative estimate of drug-likeness (QED) is 0.384. The third kappa shape index (κ3) is 5.34. The van der Waals surface area contributed by atoms with Gasteiger partial charge in [0.05, 0.1) is 21.6 Å². The van der Waals surface area contributed by atoms with Crippen LogP contribution in [0.3, 0.4) is 0 Å². The highest BCUT2D eigenvalue weighted by Crippen LogP contribution is 2.26. The number of ether oxygens (including phenoxy) is 1. The smallest absolute Gasteiger partial charge is 0.340 e. The van der Waals surface area contributed by atoms with Gasteiger partial charge in [0.1, 0.15) is 0 Å². The van der Waals surface area contributed by atoms with Crippen LogP contribution in [0, 0.1) is 10.1 Å². The molecule has 7 nitrogen and oxygen atoms in total. The number of halogens is 3. The lowest BCUT2D eigenvalue weighted by atomic mass is 10.1. The van der Waals surface area contributed by atoms with E-state index in [1.165, 1.54) is 13.0 Å². The summed E-state index contributed by atoms with van der Waals surface area (Å²) < 4.78 is 5.11. The maximum Gasteiger partial charge on any atom is 0.340 e. The van der Waals surface area contributed by atoms with Crippen LogP contribution in [0.25, 0.3) is 0 Å². The Hall–Kier alpha value is -2.35. The number of nitro benzene ring substituents is 1. The summed E-state index contributed by atoms with van der Waals surface area (Å²) in [6.45, 7) is 3.11. The van der Waals surface area contributed by atoms with Gasteiger partial charge >= 0.3 is 5.97 Å². The summed E-state index contributed by atoms with van der Waals surface area (Å²) in [7, 11) is 0. The van der Waals surface area contributed by atoms with E-state index in [9.17, 15) is 19.7 Å². The Morgan fingerprint density at radius 2 is 1.75 bits per heavy atom. The second-order valence-electron chi connectivity index (χ2n) is 5.86.